The van der Waals surface area contributed by atoms with Crippen LogP contribution in [-0.2, 0) is 0 Å². The summed E-state index contributed by atoms with van der Waals surface area (Å²) in [4.78, 5) is 0. The molecule has 0 fully saturated rings. The monoisotopic (exact) mass is 528 g/mol. The largest absolute Gasteiger partial charge is 0.309 e. The lowest BCUT2D eigenvalue weighted by molar-refractivity contribution is 1.08. The number of para-hydroxylation sites is 1. The van der Waals surface area contributed by atoms with Gasteiger partial charge in [0, 0.05) is 32.9 Å². The van der Waals surface area contributed by atoms with Crippen LogP contribution in [0.15, 0.2) is 103 Å². The molecule has 0 aliphatic rings. The molecule has 0 unspecified atom stereocenters. The quantitative estimate of drug-likeness (QED) is 0.214. The van der Waals surface area contributed by atoms with Crippen molar-refractivity contribution in [2.75, 3.05) is 0 Å². The van der Waals surface area contributed by atoms with E-state index in [2.05, 4.69) is 94.9 Å². The fourth-order valence-corrected chi connectivity index (χ4v) is 6.83. The van der Waals surface area contributed by atoms with E-state index in [9.17, 15) is 10.5 Å². The third kappa shape index (κ3) is 3.72. The highest BCUT2D eigenvalue weighted by atomic mass is 28.2. The first-order valence-corrected chi connectivity index (χ1v) is 14.7. The van der Waals surface area contributed by atoms with E-state index in [4.69, 9.17) is 0 Å². The van der Waals surface area contributed by atoms with Crippen LogP contribution in [0.5, 0.6) is 0 Å². The number of fused-ring (bicyclic) bond motifs is 6. The average molecular weight is 529 g/mol. The maximum absolute atomic E-state index is 9.64. The summed E-state index contributed by atoms with van der Waals surface area (Å²) in [5.41, 5.74) is 7.83. The van der Waals surface area contributed by atoms with Crippen molar-refractivity contribution in [3.05, 3.63) is 114 Å². The highest BCUT2D eigenvalue weighted by Gasteiger charge is 2.16. The first-order valence-electron chi connectivity index (χ1n) is 13.5. The van der Waals surface area contributed by atoms with Crippen molar-refractivity contribution in [1.82, 2.24) is 9.13 Å². The molecule has 0 bridgehead atoms. The summed E-state index contributed by atoms with van der Waals surface area (Å²) in [7, 11) is 0.777. The van der Waals surface area contributed by atoms with E-state index in [1.165, 1.54) is 23.0 Å². The van der Waals surface area contributed by atoms with Gasteiger partial charge >= 0.3 is 0 Å². The molecule has 4 nitrogen and oxygen atoms in total. The molecule has 2 radical (unpaired) electrons. The maximum Gasteiger partial charge on any atom is 0.0991 e. The number of rotatable bonds is 5. The number of nitriles is 2. The summed E-state index contributed by atoms with van der Waals surface area (Å²) in [6.45, 7) is 2.23. The molecular weight excluding hydrogens is 504 g/mol. The molecule has 0 amide bonds. The molecule has 2 heterocycles. The van der Waals surface area contributed by atoms with Crippen molar-refractivity contribution in [1.29, 1.82) is 10.5 Å². The Labute approximate surface area is 234 Å². The van der Waals surface area contributed by atoms with Gasteiger partial charge in [0.15, 0.2) is 0 Å². The molecule has 2 aromatic heterocycles. The Balaban J connectivity index is 1.48. The molecule has 7 rings (SSSR count). The van der Waals surface area contributed by atoms with Crippen LogP contribution >= 0.6 is 0 Å². The lowest BCUT2D eigenvalue weighted by Gasteiger charge is -2.13. The minimum Gasteiger partial charge on any atom is -0.309 e. The van der Waals surface area contributed by atoms with E-state index < -0.39 is 0 Å². The van der Waals surface area contributed by atoms with E-state index in [0.717, 1.165) is 59.1 Å². The highest BCUT2D eigenvalue weighted by molar-refractivity contribution is 6.53. The third-order valence-corrected chi connectivity index (χ3v) is 9.09. The van der Waals surface area contributed by atoms with Gasteiger partial charge in [-0.1, -0.05) is 61.0 Å². The molecule has 0 aliphatic carbocycles. The average Bonchev–Trinajstić information content (AvgIpc) is 3.51. The molecule has 5 heteroatoms. The van der Waals surface area contributed by atoms with Gasteiger partial charge in [-0.05, 0) is 66.7 Å². The van der Waals surface area contributed by atoms with Crippen LogP contribution in [0, 0.1) is 22.7 Å². The molecule has 7 aromatic rings. The summed E-state index contributed by atoms with van der Waals surface area (Å²) in [6, 6.07) is 41.5. The van der Waals surface area contributed by atoms with Gasteiger partial charge in [-0.3, -0.25) is 0 Å². The normalized spacial score (nSPS) is 11.4. The van der Waals surface area contributed by atoms with Crippen molar-refractivity contribution in [2.24, 2.45) is 0 Å². The molecule has 0 N–H and O–H groups in total. The first-order chi connectivity index (χ1) is 19.7. The maximum atomic E-state index is 9.64. The smallest absolute Gasteiger partial charge is 0.0991 e. The van der Waals surface area contributed by atoms with Gasteiger partial charge in [0.25, 0.3) is 0 Å². The zero-order valence-electron chi connectivity index (χ0n) is 22.0. The molecule has 0 saturated heterocycles. The van der Waals surface area contributed by atoms with E-state index in [-0.39, 0.29) is 0 Å². The SMILES string of the molecule is CCC[Si]c1ccc2c(c1)c1cc(C#N)ccc1n2-c1cccc(-n2c3ccccc3c3cc(C#N)ccc32)c1. The Hall–Kier alpha value is -5.10. The number of hydrogen-bond acceptors (Lipinski definition) is 2. The summed E-state index contributed by atoms with van der Waals surface area (Å²) < 4.78 is 4.59. The van der Waals surface area contributed by atoms with Crippen molar-refractivity contribution < 1.29 is 0 Å². The van der Waals surface area contributed by atoms with Gasteiger partial charge in [0.1, 0.15) is 0 Å². The number of nitrogens with zero attached hydrogens (tertiary/aromatic N) is 4. The Morgan fingerprint density at radius 1 is 0.575 bits per heavy atom. The second-order valence-corrected chi connectivity index (χ2v) is 11.5. The first kappa shape index (κ1) is 24.0. The molecule has 0 aliphatic heterocycles. The van der Waals surface area contributed by atoms with Crippen molar-refractivity contribution in [3.63, 3.8) is 0 Å². The summed E-state index contributed by atoms with van der Waals surface area (Å²) in [5, 5.41) is 25.0. The van der Waals surface area contributed by atoms with Gasteiger partial charge in [-0.15, -0.1) is 0 Å². The summed E-state index contributed by atoms with van der Waals surface area (Å²) >= 11 is 0. The minimum atomic E-state index is 0.657. The van der Waals surface area contributed by atoms with Gasteiger partial charge in [0.05, 0.1) is 54.9 Å². The minimum absolute atomic E-state index is 0.657. The molecule has 0 spiro atoms. The zero-order valence-corrected chi connectivity index (χ0v) is 23.0. The standard InChI is InChI=1S/C35H24N4Si/c1-2-16-40-27-12-15-35-31(20-27)30-18-24(22-37)11-14-34(30)39(35)26-7-5-6-25(19-26)38-32-9-4-3-8-28(32)29-17-23(21-36)10-13-33(29)38/h3-15,17-20H,2,16H2,1H3. The van der Waals surface area contributed by atoms with Crippen molar-refractivity contribution in [2.45, 2.75) is 19.4 Å². The van der Waals surface area contributed by atoms with E-state index in [1.54, 1.807) is 0 Å². The van der Waals surface area contributed by atoms with E-state index in [1.807, 2.05) is 36.4 Å². The Bertz CT molecular complexity index is 2190. The van der Waals surface area contributed by atoms with Crippen LogP contribution in [0.3, 0.4) is 0 Å². The van der Waals surface area contributed by atoms with Crippen molar-refractivity contribution in [3.8, 4) is 23.5 Å². The van der Waals surface area contributed by atoms with Gasteiger partial charge in [-0.2, -0.15) is 10.5 Å². The lowest BCUT2D eigenvalue weighted by Crippen LogP contribution is -2.12. The van der Waals surface area contributed by atoms with Crippen LogP contribution in [-0.4, -0.2) is 18.7 Å². The van der Waals surface area contributed by atoms with Gasteiger partial charge in [0.2, 0.25) is 0 Å². The highest BCUT2D eigenvalue weighted by Crippen LogP contribution is 2.35. The summed E-state index contributed by atoms with van der Waals surface area (Å²) in [6.07, 6.45) is 1.17. The summed E-state index contributed by atoms with van der Waals surface area (Å²) in [5.74, 6) is 0. The predicted octanol–water partition coefficient (Wildman–Crippen LogP) is 7.78. The Morgan fingerprint density at radius 2 is 1.12 bits per heavy atom. The van der Waals surface area contributed by atoms with Crippen LogP contribution < -0.4 is 5.19 Å². The third-order valence-electron chi connectivity index (χ3n) is 7.62. The van der Waals surface area contributed by atoms with Crippen LogP contribution in [0.2, 0.25) is 6.04 Å². The van der Waals surface area contributed by atoms with Crippen LogP contribution in [0.4, 0.5) is 0 Å². The van der Waals surface area contributed by atoms with Gasteiger partial charge < -0.3 is 9.13 Å². The van der Waals surface area contributed by atoms with Gasteiger partial charge in [-0.25, -0.2) is 0 Å². The molecular formula is C35H24N4Si. The van der Waals surface area contributed by atoms with E-state index >= 15 is 0 Å². The zero-order chi connectivity index (χ0) is 27.2. The fourth-order valence-electron chi connectivity index (χ4n) is 5.84. The second kappa shape index (κ2) is 9.57. The predicted molar refractivity (Wildman–Crippen MR) is 165 cm³/mol. The lowest BCUT2D eigenvalue weighted by atomic mass is 10.1. The number of hydrogen-bond donors (Lipinski definition) is 0. The van der Waals surface area contributed by atoms with E-state index in [0.29, 0.717) is 11.1 Å². The molecule has 0 saturated carbocycles. The number of aromatic nitrogens is 2. The fraction of sp³-hybridized carbons (Fsp3) is 0.0857. The topological polar surface area (TPSA) is 57.4 Å². The second-order valence-electron chi connectivity index (χ2n) is 10.1. The Morgan fingerprint density at radius 3 is 1.75 bits per heavy atom. The van der Waals surface area contributed by atoms with Crippen LogP contribution in [0.1, 0.15) is 24.5 Å². The molecule has 40 heavy (non-hydrogen) atoms. The molecule has 188 valence electrons. The molecule has 0 atom stereocenters. The van der Waals surface area contributed by atoms with Crippen molar-refractivity contribution >= 4 is 58.3 Å². The van der Waals surface area contributed by atoms with Crippen LogP contribution in [0.25, 0.3) is 55.0 Å². The molecule has 5 aromatic carbocycles. The Kier molecular flexibility index (Phi) is 5.74. The number of benzene rings is 5.